The standard InChI is InChI=1S/C32H42N2O17S.Na/c1-15-12-18(37)22(38)31(46-15)50-26-21(33-28(41)16-8-4-2-5-9-16)30(34-29(42)17-10-6-3-7-11-17)47-20(14-36)25(26)49-32-24(40)27(51-52(43,44)45)23(39)19(13-35)48-32;/h2-11,15,18-27,30-32,35-40H,12-14H2,1H3,(H,33,41)(H,34,42)(H,43,44,45);/q;+1/p-1/t15-,18+,19+,20+,21+,22-,23-,24+,25+,26+,27-,30+,31-,32-;/m0./s1. The maximum atomic E-state index is 13.6. The Bertz CT molecular complexity index is 1600. The molecule has 3 fully saturated rings. The Balaban J connectivity index is 0.00000627. The number of nitrogens with one attached hydrogen (secondary N) is 2. The van der Waals surface area contributed by atoms with Gasteiger partial charge in [0.1, 0.15) is 54.9 Å². The van der Waals surface area contributed by atoms with Gasteiger partial charge in [0.15, 0.2) is 18.8 Å². The summed E-state index contributed by atoms with van der Waals surface area (Å²) in [5, 5.41) is 68.8. The summed E-state index contributed by atoms with van der Waals surface area (Å²) in [7, 11) is -5.54. The third-order valence-electron chi connectivity index (χ3n) is 8.76. The molecule has 3 saturated heterocycles. The molecule has 14 atom stereocenters. The number of hydrogen-bond donors (Lipinski definition) is 8. The van der Waals surface area contributed by atoms with Gasteiger partial charge in [-0.1, -0.05) is 36.4 Å². The minimum absolute atomic E-state index is 0. The summed E-state index contributed by atoms with van der Waals surface area (Å²) in [6.45, 7) is -0.273. The van der Waals surface area contributed by atoms with E-state index in [0.717, 1.165) is 0 Å². The van der Waals surface area contributed by atoms with Gasteiger partial charge in [0.2, 0.25) is 10.4 Å². The van der Waals surface area contributed by atoms with Gasteiger partial charge in [0, 0.05) is 17.5 Å². The minimum atomic E-state index is -5.54. The van der Waals surface area contributed by atoms with Crippen molar-refractivity contribution in [1.29, 1.82) is 0 Å². The second-order valence-electron chi connectivity index (χ2n) is 12.5. The number of carbonyl (C=O) groups is 2. The Morgan fingerprint density at radius 3 is 1.83 bits per heavy atom. The quantitative estimate of drug-likeness (QED) is 0.0565. The maximum Gasteiger partial charge on any atom is 1.00 e. The number of carbonyl (C=O) groups excluding carboxylic acids is 2. The number of benzene rings is 2. The van der Waals surface area contributed by atoms with Crippen molar-refractivity contribution in [2.75, 3.05) is 13.2 Å². The molecule has 3 heterocycles. The number of amides is 2. The first-order chi connectivity index (χ1) is 24.7. The summed E-state index contributed by atoms with van der Waals surface area (Å²) in [6, 6.07) is 14.2. The molecule has 19 nitrogen and oxygen atoms in total. The molecule has 0 spiro atoms. The zero-order valence-electron chi connectivity index (χ0n) is 28.6. The summed E-state index contributed by atoms with van der Waals surface area (Å²) >= 11 is 0. The molecule has 2 aromatic carbocycles. The van der Waals surface area contributed by atoms with Gasteiger partial charge >= 0.3 is 29.6 Å². The second kappa shape index (κ2) is 19.1. The van der Waals surface area contributed by atoms with Gasteiger partial charge in [0.25, 0.3) is 11.8 Å². The van der Waals surface area contributed by atoms with Crippen LogP contribution in [-0.2, 0) is 38.3 Å². The van der Waals surface area contributed by atoms with Crippen molar-refractivity contribution >= 4 is 22.2 Å². The first-order valence-electron chi connectivity index (χ1n) is 16.3. The number of rotatable bonds is 12. The summed E-state index contributed by atoms with van der Waals surface area (Å²) in [6.07, 6.45) is -21.9. The van der Waals surface area contributed by atoms with E-state index in [1.54, 1.807) is 43.3 Å². The van der Waals surface area contributed by atoms with E-state index in [2.05, 4.69) is 14.8 Å². The largest absolute Gasteiger partial charge is 1.00 e. The molecule has 53 heavy (non-hydrogen) atoms. The predicted octanol–water partition coefficient (Wildman–Crippen LogP) is -6.15. The van der Waals surface area contributed by atoms with Crippen molar-refractivity contribution in [3.8, 4) is 0 Å². The normalized spacial score (nSPS) is 36.2. The molecule has 21 heteroatoms. The molecule has 0 aliphatic carbocycles. The van der Waals surface area contributed by atoms with E-state index in [4.69, 9.17) is 23.7 Å². The molecule has 0 bridgehead atoms. The third-order valence-corrected chi connectivity index (χ3v) is 9.22. The molecule has 0 unspecified atom stereocenters. The number of aliphatic hydroxyl groups is 6. The summed E-state index contributed by atoms with van der Waals surface area (Å²) < 4.78 is 68.4. The van der Waals surface area contributed by atoms with Crippen LogP contribution in [0.1, 0.15) is 34.1 Å². The molecule has 8 N–H and O–H groups in total. The summed E-state index contributed by atoms with van der Waals surface area (Å²) in [4.78, 5) is 27.1. The van der Waals surface area contributed by atoms with Crippen LogP contribution in [0.2, 0.25) is 0 Å². The fourth-order valence-corrected chi connectivity index (χ4v) is 6.68. The van der Waals surface area contributed by atoms with Gasteiger partial charge in [-0.25, -0.2) is 8.42 Å². The predicted molar refractivity (Wildman–Crippen MR) is 170 cm³/mol. The Labute approximate surface area is 326 Å². The smallest absolute Gasteiger partial charge is 0.726 e. The summed E-state index contributed by atoms with van der Waals surface area (Å²) in [5.74, 6) is -1.39. The van der Waals surface area contributed by atoms with Crippen molar-refractivity contribution in [3.05, 3.63) is 71.8 Å². The zero-order valence-corrected chi connectivity index (χ0v) is 31.4. The molecule has 3 aliphatic heterocycles. The van der Waals surface area contributed by atoms with Crippen LogP contribution in [0.4, 0.5) is 0 Å². The van der Waals surface area contributed by atoms with Gasteiger partial charge in [-0.05, 0) is 31.2 Å². The van der Waals surface area contributed by atoms with Gasteiger partial charge in [-0.3, -0.25) is 13.8 Å². The van der Waals surface area contributed by atoms with Crippen LogP contribution in [-0.4, -0.2) is 155 Å². The van der Waals surface area contributed by atoms with E-state index in [1.165, 1.54) is 24.3 Å². The first kappa shape index (κ1) is 43.5. The molecular weight excluding hydrogens is 739 g/mol. The van der Waals surface area contributed by atoms with Crippen LogP contribution in [0.15, 0.2) is 60.7 Å². The molecule has 2 aromatic rings. The van der Waals surface area contributed by atoms with Crippen molar-refractivity contribution < 1.29 is 111 Å². The van der Waals surface area contributed by atoms with Gasteiger partial charge in [-0.15, -0.1) is 0 Å². The van der Waals surface area contributed by atoms with E-state index >= 15 is 0 Å². The maximum absolute atomic E-state index is 13.6. The molecule has 5 rings (SSSR count). The number of hydrogen-bond acceptors (Lipinski definition) is 17. The van der Waals surface area contributed by atoms with Crippen molar-refractivity contribution in [3.63, 3.8) is 0 Å². The fraction of sp³-hybridized carbons (Fsp3) is 0.562. The van der Waals surface area contributed by atoms with Gasteiger partial charge in [0.05, 0.1) is 25.4 Å². The first-order valence-corrected chi connectivity index (χ1v) is 17.6. The average molecular weight is 781 g/mol. The van der Waals surface area contributed by atoms with E-state index in [0.29, 0.717) is 0 Å². The van der Waals surface area contributed by atoms with Crippen LogP contribution in [0.5, 0.6) is 0 Å². The zero-order chi connectivity index (χ0) is 37.7. The van der Waals surface area contributed by atoms with E-state index in [1.807, 2.05) is 0 Å². The van der Waals surface area contributed by atoms with Crippen molar-refractivity contribution in [2.24, 2.45) is 0 Å². The molecule has 0 saturated carbocycles. The Morgan fingerprint density at radius 1 is 0.755 bits per heavy atom. The number of ether oxygens (including phenoxy) is 5. The monoisotopic (exact) mass is 780 g/mol. The average Bonchev–Trinajstić information content (AvgIpc) is 3.12. The second-order valence-corrected chi connectivity index (χ2v) is 13.5. The van der Waals surface area contributed by atoms with E-state index < -0.39 is 121 Å². The molecule has 3 aliphatic rings. The topological polar surface area (TPSA) is 292 Å². The van der Waals surface area contributed by atoms with Gasteiger partial charge < -0.3 is 69.5 Å². The Morgan fingerprint density at radius 2 is 1.28 bits per heavy atom. The minimum Gasteiger partial charge on any atom is -0.726 e. The van der Waals surface area contributed by atoms with Crippen LogP contribution in [0, 0.1) is 0 Å². The van der Waals surface area contributed by atoms with Crippen molar-refractivity contribution in [2.45, 2.75) is 99.2 Å². The summed E-state index contributed by atoms with van der Waals surface area (Å²) in [5.41, 5.74) is 0.337. The molecule has 288 valence electrons. The number of aliphatic hydroxyl groups excluding tert-OH is 6. The van der Waals surface area contributed by atoms with Crippen LogP contribution in [0.3, 0.4) is 0 Å². The molecule has 2 amide bonds. The van der Waals surface area contributed by atoms with Crippen LogP contribution in [0.25, 0.3) is 0 Å². The van der Waals surface area contributed by atoms with Crippen LogP contribution >= 0.6 is 0 Å². The van der Waals surface area contributed by atoms with E-state index in [9.17, 15) is 53.2 Å². The Hall–Kier alpha value is -2.19. The van der Waals surface area contributed by atoms with Crippen molar-refractivity contribution in [1.82, 2.24) is 10.6 Å². The fourth-order valence-electron chi connectivity index (χ4n) is 6.18. The molecular formula is C32H41N2NaO17S. The Kier molecular flexibility index (Phi) is 15.7. The third kappa shape index (κ3) is 10.8. The van der Waals surface area contributed by atoms with Gasteiger partial charge in [-0.2, -0.15) is 0 Å². The molecule has 0 aromatic heterocycles. The molecule has 0 radical (unpaired) electrons. The van der Waals surface area contributed by atoms with E-state index in [-0.39, 0.29) is 47.1 Å². The SMILES string of the molecule is C[C@H]1C[C@@H](O)[C@H](O)[C@H](O[C@@H]2[C@@H](NC(=O)c3ccccc3)[C@H](NC(=O)c3ccccc3)O[C@H](CO)[C@H]2O[C@@H]2O[C@H](CO)[C@H](O)[C@H](OS(=O)(=O)[O-])[C@H]2O)O1.[Na+]. The van der Waals surface area contributed by atoms with Crippen LogP contribution < -0.4 is 40.2 Å².